The van der Waals surface area contributed by atoms with Crippen molar-refractivity contribution in [3.63, 3.8) is 0 Å². The van der Waals surface area contributed by atoms with Gasteiger partial charge in [-0.15, -0.1) is 0 Å². The maximum atomic E-state index is 12.7. The summed E-state index contributed by atoms with van der Waals surface area (Å²) >= 11 is 0. The van der Waals surface area contributed by atoms with Crippen LogP contribution in [-0.4, -0.2) is 9.97 Å². The molecule has 2 aromatic heterocycles. The van der Waals surface area contributed by atoms with E-state index in [-0.39, 0.29) is 0 Å². The fourth-order valence-electron chi connectivity index (χ4n) is 1.06. The van der Waals surface area contributed by atoms with Gasteiger partial charge in [-0.2, -0.15) is 4.39 Å². The lowest BCUT2D eigenvalue weighted by molar-refractivity contribution is 0.584. The highest BCUT2D eigenvalue weighted by Gasteiger charge is 1.96. The number of rotatable bonds is 2. The number of nitrogens with zero attached hydrogens (tertiary/aromatic N) is 2. The summed E-state index contributed by atoms with van der Waals surface area (Å²) in [6.45, 7) is 0. The van der Waals surface area contributed by atoms with Gasteiger partial charge in [-0.25, -0.2) is 9.97 Å². The zero-order chi connectivity index (χ0) is 9.80. The molecule has 0 aliphatic carbocycles. The van der Waals surface area contributed by atoms with Crippen LogP contribution in [0.25, 0.3) is 0 Å². The summed E-state index contributed by atoms with van der Waals surface area (Å²) in [5.74, 6) is 0.170. The van der Waals surface area contributed by atoms with E-state index < -0.39 is 5.95 Å². The highest BCUT2D eigenvalue weighted by atomic mass is 19.1. The van der Waals surface area contributed by atoms with Crippen LogP contribution in [-0.2, 0) is 0 Å². The second-order valence-corrected chi connectivity index (χ2v) is 2.71. The van der Waals surface area contributed by atoms with E-state index in [1.807, 2.05) is 12.1 Å². The molecule has 2 heterocycles. The first kappa shape index (κ1) is 8.62. The first-order valence-electron chi connectivity index (χ1n) is 4.14. The Bertz CT molecular complexity index is 417. The average Bonchev–Trinajstić information content (AvgIpc) is 2.19. The van der Waals surface area contributed by atoms with Crippen LogP contribution in [0.1, 0.15) is 0 Å². The van der Waals surface area contributed by atoms with Gasteiger partial charge < -0.3 is 5.32 Å². The third kappa shape index (κ3) is 2.04. The largest absolute Gasteiger partial charge is 0.340 e. The van der Waals surface area contributed by atoms with Crippen LogP contribution in [0.3, 0.4) is 0 Å². The fraction of sp³-hybridized carbons (Fsp3) is 0. The molecule has 0 bridgehead atoms. The summed E-state index contributed by atoms with van der Waals surface area (Å²) in [7, 11) is 0. The summed E-state index contributed by atoms with van der Waals surface area (Å²) < 4.78 is 12.7. The zero-order valence-corrected chi connectivity index (χ0v) is 7.31. The first-order valence-corrected chi connectivity index (χ1v) is 4.14. The van der Waals surface area contributed by atoms with Crippen molar-refractivity contribution in [3.8, 4) is 0 Å². The van der Waals surface area contributed by atoms with Gasteiger partial charge >= 0.3 is 0 Å². The normalized spacial score (nSPS) is 9.79. The maximum absolute atomic E-state index is 12.7. The SMILES string of the molecule is Fc1cc(Nc2ccccn2)ccn1. The highest BCUT2D eigenvalue weighted by Crippen LogP contribution is 2.12. The van der Waals surface area contributed by atoms with Crippen LogP contribution in [0.15, 0.2) is 42.7 Å². The summed E-state index contributed by atoms with van der Waals surface area (Å²) in [6.07, 6.45) is 3.07. The molecule has 70 valence electrons. The Morgan fingerprint density at radius 3 is 2.71 bits per heavy atom. The quantitative estimate of drug-likeness (QED) is 0.737. The molecular weight excluding hydrogens is 181 g/mol. The van der Waals surface area contributed by atoms with Gasteiger partial charge in [-0.3, -0.25) is 0 Å². The molecule has 0 saturated carbocycles. The molecule has 0 amide bonds. The lowest BCUT2D eigenvalue weighted by Crippen LogP contribution is -1.93. The van der Waals surface area contributed by atoms with Gasteiger partial charge in [0.05, 0.1) is 0 Å². The van der Waals surface area contributed by atoms with Crippen molar-refractivity contribution in [1.29, 1.82) is 0 Å². The van der Waals surface area contributed by atoms with Gasteiger partial charge in [0.2, 0.25) is 5.95 Å². The summed E-state index contributed by atoms with van der Waals surface area (Å²) in [6, 6.07) is 8.47. The lowest BCUT2D eigenvalue weighted by Gasteiger charge is -2.03. The number of hydrogen-bond acceptors (Lipinski definition) is 3. The minimum Gasteiger partial charge on any atom is -0.340 e. The van der Waals surface area contributed by atoms with E-state index in [1.54, 1.807) is 18.3 Å². The van der Waals surface area contributed by atoms with Crippen LogP contribution in [0.2, 0.25) is 0 Å². The number of hydrogen-bond donors (Lipinski definition) is 1. The van der Waals surface area contributed by atoms with Crippen LogP contribution >= 0.6 is 0 Å². The van der Waals surface area contributed by atoms with Gasteiger partial charge in [-0.1, -0.05) is 6.07 Å². The van der Waals surface area contributed by atoms with Crippen molar-refractivity contribution in [3.05, 3.63) is 48.7 Å². The standard InChI is InChI=1S/C10H8FN3/c11-9-7-8(4-6-12-9)14-10-3-1-2-5-13-10/h1-7H,(H,12,13,14). The molecule has 0 aliphatic rings. The zero-order valence-electron chi connectivity index (χ0n) is 7.31. The molecule has 2 rings (SSSR count). The molecule has 4 heteroatoms. The Kier molecular flexibility index (Phi) is 2.36. The summed E-state index contributed by atoms with van der Waals surface area (Å²) in [4.78, 5) is 7.50. The van der Waals surface area contributed by atoms with Gasteiger partial charge in [-0.05, 0) is 18.2 Å². The van der Waals surface area contributed by atoms with E-state index in [2.05, 4.69) is 15.3 Å². The Morgan fingerprint density at radius 2 is 2.00 bits per heavy atom. The third-order valence-electron chi connectivity index (χ3n) is 1.66. The molecule has 0 radical (unpaired) electrons. The van der Waals surface area contributed by atoms with Crippen molar-refractivity contribution in [1.82, 2.24) is 9.97 Å². The van der Waals surface area contributed by atoms with E-state index in [1.165, 1.54) is 12.3 Å². The van der Waals surface area contributed by atoms with E-state index in [9.17, 15) is 4.39 Å². The summed E-state index contributed by atoms with van der Waals surface area (Å²) in [5, 5.41) is 2.95. The molecule has 0 aliphatic heterocycles. The second-order valence-electron chi connectivity index (χ2n) is 2.71. The molecule has 0 aromatic carbocycles. The van der Waals surface area contributed by atoms with Crippen LogP contribution in [0, 0.1) is 5.95 Å². The van der Waals surface area contributed by atoms with Crippen molar-refractivity contribution in [2.24, 2.45) is 0 Å². The van der Waals surface area contributed by atoms with Crippen LogP contribution in [0.4, 0.5) is 15.9 Å². The molecule has 0 spiro atoms. The molecule has 0 atom stereocenters. The topological polar surface area (TPSA) is 37.8 Å². The highest BCUT2D eigenvalue weighted by molar-refractivity contribution is 5.54. The van der Waals surface area contributed by atoms with Crippen LogP contribution in [0.5, 0.6) is 0 Å². The van der Waals surface area contributed by atoms with Crippen molar-refractivity contribution in [2.45, 2.75) is 0 Å². The minimum atomic E-state index is -0.508. The van der Waals surface area contributed by atoms with E-state index in [4.69, 9.17) is 0 Å². The third-order valence-corrected chi connectivity index (χ3v) is 1.66. The number of pyridine rings is 2. The molecule has 0 unspecified atom stereocenters. The molecule has 0 saturated heterocycles. The molecule has 0 fully saturated rings. The fourth-order valence-corrected chi connectivity index (χ4v) is 1.06. The van der Waals surface area contributed by atoms with Crippen LogP contribution < -0.4 is 5.32 Å². The number of nitrogens with one attached hydrogen (secondary N) is 1. The molecule has 3 nitrogen and oxygen atoms in total. The van der Waals surface area contributed by atoms with Gasteiger partial charge in [0.15, 0.2) is 0 Å². The molecular formula is C10H8FN3. The number of halogens is 1. The van der Waals surface area contributed by atoms with E-state index >= 15 is 0 Å². The smallest absolute Gasteiger partial charge is 0.214 e. The molecule has 14 heavy (non-hydrogen) atoms. The summed E-state index contributed by atoms with van der Waals surface area (Å²) in [5.41, 5.74) is 0.635. The second kappa shape index (κ2) is 3.83. The molecule has 1 N–H and O–H groups in total. The van der Waals surface area contributed by atoms with Gasteiger partial charge in [0.1, 0.15) is 5.82 Å². The monoisotopic (exact) mass is 189 g/mol. The minimum absolute atomic E-state index is 0.508. The lowest BCUT2D eigenvalue weighted by atomic mass is 10.4. The Hall–Kier alpha value is -1.97. The van der Waals surface area contributed by atoms with E-state index in [0.717, 1.165) is 0 Å². The van der Waals surface area contributed by atoms with Crippen molar-refractivity contribution in [2.75, 3.05) is 5.32 Å². The van der Waals surface area contributed by atoms with Crippen molar-refractivity contribution >= 4 is 11.5 Å². The Morgan fingerprint density at radius 1 is 1.07 bits per heavy atom. The van der Waals surface area contributed by atoms with Gasteiger partial charge in [0, 0.05) is 24.1 Å². The Labute approximate surface area is 80.6 Å². The van der Waals surface area contributed by atoms with Crippen molar-refractivity contribution < 1.29 is 4.39 Å². The first-order chi connectivity index (χ1) is 6.84. The Balaban J connectivity index is 2.19. The predicted octanol–water partition coefficient (Wildman–Crippen LogP) is 2.36. The predicted molar refractivity (Wildman–Crippen MR) is 51.7 cm³/mol. The molecule has 2 aromatic rings. The van der Waals surface area contributed by atoms with Gasteiger partial charge in [0.25, 0.3) is 0 Å². The number of anilines is 2. The maximum Gasteiger partial charge on any atom is 0.214 e. The van der Waals surface area contributed by atoms with E-state index in [0.29, 0.717) is 11.5 Å². The number of aromatic nitrogens is 2. The average molecular weight is 189 g/mol.